The van der Waals surface area contributed by atoms with E-state index >= 15 is 0 Å². The summed E-state index contributed by atoms with van der Waals surface area (Å²) in [5, 5.41) is 2.39. The Hall–Kier alpha value is -1.72. The molecule has 5 nitrogen and oxygen atoms in total. The highest BCUT2D eigenvalue weighted by Crippen LogP contribution is 2.22. The Bertz CT molecular complexity index is 684. The number of nitrogens with one attached hydrogen (secondary N) is 1. The molecule has 2 heterocycles. The van der Waals surface area contributed by atoms with Crippen molar-refractivity contribution in [3.8, 4) is 0 Å². The summed E-state index contributed by atoms with van der Waals surface area (Å²) in [6.45, 7) is 8.44. The molecule has 0 radical (unpaired) electrons. The summed E-state index contributed by atoms with van der Waals surface area (Å²) in [6.07, 6.45) is 8.13. The standard InChI is InChI=1S/C22H32N2O3/c1-22(2)16-24(14-15-27-22)13-8-6-4-3-5-7-10-17-11-9-12-18-19(17)21(26)23-20(18)25/h9,11-12H,3-8,10,13-16H2,1-2H3,(H,23,25,26). The summed E-state index contributed by atoms with van der Waals surface area (Å²) in [5.41, 5.74) is 2.13. The van der Waals surface area contributed by atoms with Crippen LogP contribution in [0.4, 0.5) is 0 Å². The summed E-state index contributed by atoms with van der Waals surface area (Å²) in [7, 11) is 0. The minimum absolute atomic E-state index is 0.00260. The fraction of sp³-hybridized carbons (Fsp3) is 0.636. The first-order valence-corrected chi connectivity index (χ1v) is 10.3. The van der Waals surface area contributed by atoms with Crippen LogP contribution >= 0.6 is 0 Å². The van der Waals surface area contributed by atoms with E-state index in [0.717, 1.165) is 38.1 Å². The van der Waals surface area contributed by atoms with E-state index in [1.54, 1.807) is 6.07 Å². The van der Waals surface area contributed by atoms with Gasteiger partial charge in [-0.2, -0.15) is 0 Å². The quantitative estimate of drug-likeness (QED) is 0.532. The number of aryl methyl sites for hydroxylation is 1. The number of morpholine rings is 1. The number of carbonyl (C=O) groups excluding carboxylic acids is 2. The van der Waals surface area contributed by atoms with Crippen molar-refractivity contribution in [2.75, 3.05) is 26.2 Å². The van der Waals surface area contributed by atoms with Crippen LogP contribution in [0.5, 0.6) is 0 Å². The van der Waals surface area contributed by atoms with Crippen LogP contribution in [0.2, 0.25) is 0 Å². The van der Waals surface area contributed by atoms with Gasteiger partial charge in [0.25, 0.3) is 11.8 Å². The molecule has 2 aliphatic heterocycles. The Morgan fingerprint density at radius 1 is 1.04 bits per heavy atom. The second-order valence-electron chi connectivity index (χ2n) is 8.38. The third-order valence-electron chi connectivity index (χ3n) is 5.52. The molecular weight excluding hydrogens is 340 g/mol. The van der Waals surface area contributed by atoms with Gasteiger partial charge in [-0.15, -0.1) is 0 Å². The number of rotatable bonds is 9. The third kappa shape index (κ3) is 5.39. The molecule has 2 aliphatic rings. The van der Waals surface area contributed by atoms with E-state index in [0.29, 0.717) is 11.1 Å². The highest BCUT2D eigenvalue weighted by molar-refractivity contribution is 6.22. The first-order chi connectivity index (χ1) is 13.0. The fourth-order valence-corrected chi connectivity index (χ4v) is 4.16. The zero-order valence-electron chi connectivity index (χ0n) is 16.7. The van der Waals surface area contributed by atoms with Gasteiger partial charge in [-0.3, -0.25) is 19.8 Å². The minimum atomic E-state index is -0.263. The van der Waals surface area contributed by atoms with Crippen molar-refractivity contribution in [3.63, 3.8) is 0 Å². The lowest BCUT2D eigenvalue weighted by molar-refractivity contribution is -0.0861. The molecule has 5 heteroatoms. The van der Waals surface area contributed by atoms with Crippen LogP contribution in [0.25, 0.3) is 0 Å². The van der Waals surface area contributed by atoms with Crippen LogP contribution in [0.3, 0.4) is 0 Å². The molecule has 0 aliphatic carbocycles. The molecule has 0 saturated carbocycles. The van der Waals surface area contributed by atoms with Gasteiger partial charge in [-0.05, 0) is 51.3 Å². The van der Waals surface area contributed by atoms with E-state index in [9.17, 15) is 9.59 Å². The van der Waals surface area contributed by atoms with E-state index in [2.05, 4.69) is 24.1 Å². The maximum absolute atomic E-state index is 11.9. The normalized spacial score (nSPS) is 19.2. The molecule has 148 valence electrons. The van der Waals surface area contributed by atoms with Crippen molar-refractivity contribution in [1.29, 1.82) is 0 Å². The summed E-state index contributed by atoms with van der Waals surface area (Å²) < 4.78 is 5.76. The zero-order chi connectivity index (χ0) is 19.3. The smallest absolute Gasteiger partial charge is 0.259 e. The van der Waals surface area contributed by atoms with Crippen molar-refractivity contribution in [3.05, 3.63) is 34.9 Å². The number of amides is 2. The average Bonchev–Trinajstić information content (AvgIpc) is 2.91. The Morgan fingerprint density at radius 2 is 1.78 bits per heavy atom. The maximum Gasteiger partial charge on any atom is 0.259 e. The number of nitrogens with zero attached hydrogens (tertiary/aromatic N) is 1. The molecule has 1 fully saturated rings. The predicted octanol–water partition coefficient (Wildman–Crippen LogP) is 3.56. The van der Waals surface area contributed by atoms with Gasteiger partial charge in [0.1, 0.15) is 0 Å². The summed E-state index contributed by atoms with van der Waals surface area (Å²) in [4.78, 5) is 26.2. The zero-order valence-corrected chi connectivity index (χ0v) is 16.7. The average molecular weight is 373 g/mol. The number of carbonyl (C=O) groups is 2. The van der Waals surface area contributed by atoms with Crippen LogP contribution in [0.1, 0.15) is 78.7 Å². The van der Waals surface area contributed by atoms with Gasteiger partial charge in [0.2, 0.25) is 0 Å². The second-order valence-corrected chi connectivity index (χ2v) is 8.38. The van der Waals surface area contributed by atoms with Crippen molar-refractivity contribution in [2.45, 2.75) is 64.4 Å². The van der Waals surface area contributed by atoms with Crippen molar-refractivity contribution in [1.82, 2.24) is 10.2 Å². The molecule has 1 N–H and O–H groups in total. The van der Waals surface area contributed by atoms with Crippen molar-refractivity contribution in [2.24, 2.45) is 0 Å². The van der Waals surface area contributed by atoms with E-state index in [1.165, 1.54) is 38.6 Å². The van der Waals surface area contributed by atoms with Crippen LogP contribution in [-0.2, 0) is 11.2 Å². The van der Waals surface area contributed by atoms with Crippen LogP contribution in [-0.4, -0.2) is 48.6 Å². The Balaban J connectivity index is 1.29. The molecule has 0 aromatic heterocycles. The number of hydrogen-bond donors (Lipinski definition) is 1. The number of imide groups is 1. The largest absolute Gasteiger partial charge is 0.373 e. The molecule has 1 aromatic carbocycles. The lowest BCUT2D eigenvalue weighted by Gasteiger charge is -2.38. The molecule has 2 amide bonds. The lowest BCUT2D eigenvalue weighted by Crippen LogP contribution is -2.48. The number of benzene rings is 1. The van der Waals surface area contributed by atoms with Gasteiger partial charge in [0.15, 0.2) is 0 Å². The first-order valence-electron chi connectivity index (χ1n) is 10.3. The predicted molar refractivity (Wildman–Crippen MR) is 106 cm³/mol. The molecule has 0 atom stereocenters. The Labute approximate surface area is 162 Å². The lowest BCUT2D eigenvalue weighted by atomic mass is 9.97. The van der Waals surface area contributed by atoms with Crippen LogP contribution in [0.15, 0.2) is 18.2 Å². The molecule has 3 rings (SSSR count). The van der Waals surface area contributed by atoms with Gasteiger partial charge < -0.3 is 4.74 Å². The summed E-state index contributed by atoms with van der Waals surface area (Å²) >= 11 is 0. The highest BCUT2D eigenvalue weighted by Gasteiger charge is 2.28. The van der Waals surface area contributed by atoms with E-state index in [-0.39, 0.29) is 17.4 Å². The summed E-state index contributed by atoms with van der Waals surface area (Å²) in [6, 6.07) is 5.58. The molecule has 0 bridgehead atoms. The molecule has 1 saturated heterocycles. The number of hydrogen-bond acceptors (Lipinski definition) is 4. The molecular formula is C22H32N2O3. The fourth-order valence-electron chi connectivity index (χ4n) is 4.16. The number of ether oxygens (including phenoxy) is 1. The summed E-state index contributed by atoms with van der Waals surface area (Å²) in [5.74, 6) is -0.502. The van der Waals surface area contributed by atoms with E-state index in [4.69, 9.17) is 4.74 Å². The third-order valence-corrected chi connectivity index (χ3v) is 5.52. The van der Waals surface area contributed by atoms with Gasteiger partial charge >= 0.3 is 0 Å². The minimum Gasteiger partial charge on any atom is -0.373 e. The van der Waals surface area contributed by atoms with Gasteiger partial charge in [-0.25, -0.2) is 0 Å². The Kier molecular flexibility index (Phi) is 6.66. The monoisotopic (exact) mass is 372 g/mol. The van der Waals surface area contributed by atoms with Gasteiger partial charge in [0.05, 0.1) is 23.3 Å². The van der Waals surface area contributed by atoms with E-state index < -0.39 is 0 Å². The molecule has 0 unspecified atom stereocenters. The first kappa shape index (κ1) is 20.0. The number of fused-ring (bicyclic) bond motifs is 1. The van der Waals surface area contributed by atoms with Crippen LogP contribution < -0.4 is 5.32 Å². The topological polar surface area (TPSA) is 58.6 Å². The van der Waals surface area contributed by atoms with Gasteiger partial charge in [0, 0.05) is 13.1 Å². The SMILES string of the molecule is CC1(C)CN(CCCCCCCCc2cccc3c2C(=O)NC3=O)CCO1. The molecule has 1 aromatic rings. The number of unbranched alkanes of at least 4 members (excludes halogenated alkanes) is 5. The maximum atomic E-state index is 11.9. The molecule has 27 heavy (non-hydrogen) atoms. The van der Waals surface area contributed by atoms with Gasteiger partial charge in [-0.1, -0.05) is 37.8 Å². The second kappa shape index (κ2) is 8.98. The van der Waals surface area contributed by atoms with Crippen LogP contribution in [0, 0.1) is 0 Å². The molecule has 0 spiro atoms. The van der Waals surface area contributed by atoms with Crippen molar-refractivity contribution >= 4 is 11.8 Å². The highest BCUT2D eigenvalue weighted by atomic mass is 16.5. The Morgan fingerprint density at radius 3 is 2.56 bits per heavy atom. The van der Waals surface area contributed by atoms with Crippen molar-refractivity contribution < 1.29 is 14.3 Å². The van der Waals surface area contributed by atoms with E-state index in [1.807, 2.05) is 12.1 Å².